The Hall–Kier alpha value is -3.09. The van der Waals surface area contributed by atoms with Crippen LogP contribution in [0.25, 0.3) is 0 Å². The second kappa shape index (κ2) is 9.81. The van der Waals surface area contributed by atoms with Gasteiger partial charge in [0, 0.05) is 57.1 Å². The van der Waals surface area contributed by atoms with Crippen molar-refractivity contribution in [1.82, 2.24) is 9.88 Å². The quantitative estimate of drug-likeness (QED) is 0.756. The van der Waals surface area contributed by atoms with Gasteiger partial charge in [-0.15, -0.1) is 0 Å². The number of amides is 2. The Kier molecular flexibility index (Phi) is 6.46. The number of nitrogens with one attached hydrogen (secondary N) is 1. The molecule has 1 N–H and O–H groups in total. The number of pyridine rings is 1. The van der Waals surface area contributed by atoms with Gasteiger partial charge in [-0.3, -0.25) is 9.59 Å². The molecule has 1 aromatic carbocycles. The van der Waals surface area contributed by atoms with E-state index < -0.39 is 0 Å². The van der Waals surface area contributed by atoms with Crippen LogP contribution in [0.2, 0.25) is 0 Å². The van der Waals surface area contributed by atoms with Crippen molar-refractivity contribution in [2.24, 2.45) is 5.92 Å². The number of rotatable bonds is 5. The van der Waals surface area contributed by atoms with E-state index in [-0.39, 0.29) is 17.7 Å². The summed E-state index contributed by atoms with van der Waals surface area (Å²) in [5, 5.41) is 3.09. The molecule has 0 bridgehead atoms. The van der Waals surface area contributed by atoms with E-state index in [1.165, 1.54) is 6.42 Å². The van der Waals surface area contributed by atoms with E-state index in [2.05, 4.69) is 20.1 Å². The molecule has 5 rings (SSSR count). The number of piperazine rings is 1. The predicted molar refractivity (Wildman–Crippen MR) is 131 cm³/mol. The molecule has 0 spiro atoms. The second-order valence-corrected chi connectivity index (χ2v) is 9.36. The van der Waals surface area contributed by atoms with Crippen molar-refractivity contribution in [2.75, 3.05) is 54.4 Å². The van der Waals surface area contributed by atoms with Crippen molar-refractivity contribution in [1.29, 1.82) is 0 Å². The number of piperidine rings is 1. The fourth-order valence-corrected chi connectivity index (χ4v) is 4.95. The number of aromatic nitrogens is 1. The maximum atomic E-state index is 13.6. The van der Waals surface area contributed by atoms with E-state index in [1.807, 2.05) is 47.5 Å². The lowest BCUT2D eigenvalue weighted by atomic mass is 9.85. The van der Waals surface area contributed by atoms with E-state index in [4.69, 9.17) is 0 Å². The third-order valence-electron chi connectivity index (χ3n) is 7.21. The number of benzene rings is 1. The van der Waals surface area contributed by atoms with Gasteiger partial charge in [0.1, 0.15) is 5.82 Å². The zero-order valence-electron chi connectivity index (χ0n) is 19.2. The first-order valence-electron chi connectivity index (χ1n) is 12.3. The van der Waals surface area contributed by atoms with Crippen LogP contribution in [-0.2, 0) is 4.79 Å². The van der Waals surface area contributed by atoms with Gasteiger partial charge in [-0.25, -0.2) is 4.98 Å². The highest BCUT2D eigenvalue weighted by molar-refractivity contribution is 6.02. The highest BCUT2D eigenvalue weighted by atomic mass is 16.2. The molecule has 0 unspecified atom stereocenters. The minimum Gasteiger partial charge on any atom is -0.371 e. The average molecular weight is 448 g/mol. The molecule has 2 aromatic rings. The summed E-state index contributed by atoms with van der Waals surface area (Å²) in [4.78, 5) is 37.0. The van der Waals surface area contributed by atoms with E-state index in [1.54, 1.807) is 0 Å². The SMILES string of the molecule is O=C(Nc1ccc(C(=O)N2CCN(c3ccccn3)CC2)c(N2CCCCC2)c1)C1CCC1. The summed E-state index contributed by atoms with van der Waals surface area (Å²) in [7, 11) is 0. The van der Waals surface area contributed by atoms with Gasteiger partial charge in [0.05, 0.1) is 11.3 Å². The Morgan fingerprint density at radius 1 is 0.848 bits per heavy atom. The second-order valence-electron chi connectivity index (χ2n) is 9.36. The molecule has 1 aromatic heterocycles. The highest BCUT2D eigenvalue weighted by Gasteiger charge is 2.28. The number of hydrogen-bond donors (Lipinski definition) is 1. The minimum atomic E-state index is 0.0770. The Morgan fingerprint density at radius 3 is 2.30 bits per heavy atom. The first-order valence-corrected chi connectivity index (χ1v) is 12.3. The molecule has 3 fully saturated rings. The molecule has 0 radical (unpaired) electrons. The Labute approximate surface area is 195 Å². The number of anilines is 3. The van der Waals surface area contributed by atoms with Gasteiger partial charge in [-0.2, -0.15) is 0 Å². The van der Waals surface area contributed by atoms with Crippen LogP contribution >= 0.6 is 0 Å². The maximum absolute atomic E-state index is 13.6. The molecule has 174 valence electrons. The van der Waals surface area contributed by atoms with Gasteiger partial charge in [-0.05, 0) is 62.4 Å². The molecule has 1 aliphatic carbocycles. The van der Waals surface area contributed by atoms with Crippen LogP contribution in [0.5, 0.6) is 0 Å². The van der Waals surface area contributed by atoms with Gasteiger partial charge in [-0.1, -0.05) is 12.5 Å². The molecule has 3 heterocycles. The van der Waals surface area contributed by atoms with Crippen molar-refractivity contribution < 1.29 is 9.59 Å². The van der Waals surface area contributed by atoms with E-state index in [0.717, 1.165) is 81.0 Å². The number of nitrogens with zero attached hydrogens (tertiary/aromatic N) is 4. The van der Waals surface area contributed by atoms with Crippen molar-refractivity contribution in [3.63, 3.8) is 0 Å². The topological polar surface area (TPSA) is 68.8 Å². The van der Waals surface area contributed by atoms with Gasteiger partial charge in [0.25, 0.3) is 5.91 Å². The lowest BCUT2D eigenvalue weighted by Gasteiger charge is -2.37. The summed E-state index contributed by atoms with van der Waals surface area (Å²) in [6.45, 7) is 4.81. The van der Waals surface area contributed by atoms with Crippen molar-refractivity contribution >= 4 is 29.0 Å². The number of carbonyl (C=O) groups excluding carboxylic acids is 2. The number of carbonyl (C=O) groups is 2. The van der Waals surface area contributed by atoms with E-state index in [0.29, 0.717) is 13.1 Å². The fourth-order valence-electron chi connectivity index (χ4n) is 4.95. The monoisotopic (exact) mass is 447 g/mol. The summed E-state index contributed by atoms with van der Waals surface area (Å²) >= 11 is 0. The summed E-state index contributed by atoms with van der Waals surface area (Å²) in [6.07, 6.45) is 8.40. The van der Waals surface area contributed by atoms with Crippen LogP contribution in [-0.4, -0.2) is 61.0 Å². The van der Waals surface area contributed by atoms with Crippen molar-refractivity contribution in [3.05, 3.63) is 48.2 Å². The summed E-state index contributed by atoms with van der Waals surface area (Å²) in [6, 6.07) is 11.7. The Balaban J connectivity index is 1.32. The molecule has 0 atom stereocenters. The highest BCUT2D eigenvalue weighted by Crippen LogP contribution is 2.31. The third kappa shape index (κ3) is 4.82. The van der Waals surface area contributed by atoms with E-state index in [9.17, 15) is 9.59 Å². The Bertz CT molecular complexity index is 977. The largest absolute Gasteiger partial charge is 0.371 e. The van der Waals surface area contributed by atoms with Gasteiger partial charge in [0.2, 0.25) is 5.91 Å². The molecule has 33 heavy (non-hydrogen) atoms. The Morgan fingerprint density at radius 2 is 1.64 bits per heavy atom. The van der Waals surface area contributed by atoms with Crippen LogP contribution in [0.3, 0.4) is 0 Å². The van der Waals surface area contributed by atoms with Crippen LogP contribution in [0.4, 0.5) is 17.2 Å². The molecular weight excluding hydrogens is 414 g/mol. The molecule has 1 saturated carbocycles. The molecule has 7 heteroatoms. The van der Waals surface area contributed by atoms with Gasteiger partial charge in [0.15, 0.2) is 0 Å². The van der Waals surface area contributed by atoms with Crippen LogP contribution < -0.4 is 15.1 Å². The molecule has 2 aliphatic heterocycles. The number of hydrogen-bond acceptors (Lipinski definition) is 5. The molecule has 2 amide bonds. The zero-order chi connectivity index (χ0) is 22.6. The maximum Gasteiger partial charge on any atom is 0.256 e. The van der Waals surface area contributed by atoms with Crippen molar-refractivity contribution in [3.8, 4) is 0 Å². The molecule has 7 nitrogen and oxygen atoms in total. The van der Waals surface area contributed by atoms with Crippen LogP contribution in [0, 0.1) is 5.92 Å². The van der Waals surface area contributed by atoms with Crippen LogP contribution in [0.15, 0.2) is 42.6 Å². The normalized spacial score (nSPS) is 19.2. The molecule has 2 saturated heterocycles. The van der Waals surface area contributed by atoms with E-state index >= 15 is 0 Å². The van der Waals surface area contributed by atoms with Gasteiger partial charge >= 0.3 is 0 Å². The molecular formula is C26H33N5O2. The summed E-state index contributed by atoms with van der Waals surface area (Å²) in [5.41, 5.74) is 2.49. The minimum absolute atomic E-state index is 0.0770. The first-order chi connectivity index (χ1) is 16.2. The fraction of sp³-hybridized carbons (Fsp3) is 0.500. The lowest BCUT2D eigenvalue weighted by Crippen LogP contribution is -2.49. The first kappa shape index (κ1) is 21.7. The smallest absolute Gasteiger partial charge is 0.256 e. The standard InChI is InChI=1S/C26H33N5O2/c32-25(20-7-6-8-20)28-21-10-11-22(23(19-21)29-13-4-1-5-14-29)26(33)31-17-15-30(16-18-31)24-9-2-3-12-27-24/h2-3,9-12,19-20H,1,4-8,13-18H2,(H,28,32). The van der Waals surface area contributed by atoms with Crippen LogP contribution in [0.1, 0.15) is 48.9 Å². The summed E-state index contributed by atoms with van der Waals surface area (Å²) in [5.74, 6) is 1.29. The third-order valence-corrected chi connectivity index (χ3v) is 7.21. The zero-order valence-corrected chi connectivity index (χ0v) is 19.2. The predicted octanol–water partition coefficient (Wildman–Crippen LogP) is 3.77. The lowest BCUT2D eigenvalue weighted by molar-refractivity contribution is -0.122. The molecule has 3 aliphatic rings. The van der Waals surface area contributed by atoms with Gasteiger partial charge < -0.3 is 20.0 Å². The summed E-state index contributed by atoms with van der Waals surface area (Å²) < 4.78 is 0. The average Bonchev–Trinajstić information content (AvgIpc) is 2.84. The van der Waals surface area contributed by atoms with Crippen molar-refractivity contribution in [2.45, 2.75) is 38.5 Å².